The Morgan fingerprint density at radius 2 is 2.16 bits per heavy atom. The molecule has 3 rings (SSSR count). The van der Waals surface area contributed by atoms with Crippen LogP contribution in [0.2, 0.25) is 0 Å². The molecule has 3 nitrogen and oxygen atoms in total. The van der Waals surface area contributed by atoms with E-state index in [4.69, 9.17) is 4.74 Å². The van der Waals surface area contributed by atoms with Crippen molar-refractivity contribution in [1.29, 1.82) is 0 Å². The van der Waals surface area contributed by atoms with Crippen molar-refractivity contribution in [2.24, 2.45) is 0 Å². The number of aromatic nitrogens is 1. The molecule has 1 N–H and O–H groups in total. The molecule has 1 saturated heterocycles. The first-order chi connectivity index (χ1) is 9.26. The average molecular weight is 256 g/mol. The van der Waals surface area contributed by atoms with Gasteiger partial charge in [0.1, 0.15) is 0 Å². The lowest BCUT2D eigenvalue weighted by atomic mass is 9.96. The maximum absolute atomic E-state index is 5.91. The third kappa shape index (κ3) is 2.62. The van der Waals surface area contributed by atoms with E-state index in [9.17, 15) is 0 Å². The molecule has 100 valence electrons. The van der Waals surface area contributed by atoms with Crippen molar-refractivity contribution >= 4 is 10.9 Å². The zero-order valence-corrected chi connectivity index (χ0v) is 11.5. The highest BCUT2D eigenvalue weighted by Gasteiger charge is 2.22. The van der Waals surface area contributed by atoms with Crippen molar-refractivity contribution in [3.05, 3.63) is 41.6 Å². The van der Waals surface area contributed by atoms with E-state index in [1.54, 1.807) is 0 Å². The molecule has 19 heavy (non-hydrogen) atoms. The second-order valence-electron chi connectivity index (χ2n) is 5.27. The van der Waals surface area contributed by atoms with Gasteiger partial charge in [0.15, 0.2) is 0 Å². The fourth-order valence-corrected chi connectivity index (χ4v) is 2.74. The minimum Gasteiger partial charge on any atom is -0.373 e. The number of benzene rings is 1. The number of nitrogens with zero attached hydrogens (tertiary/aromatic N) is 1. The summed E-state index contributed by atoms with van der Waals surface area (Å²) in [5.41, 5.74) is 3.38. The SMILES string of the molecule is CNC1CCOC(c2ccc3nc(C)ccc3c2)C1. The summed E-state index contributed by atoms with van der Waals surface area (Å²) in [6.07, 6.45) is 2.35. The van der Waals surface area contributed by atoms with Crippen molar-refractivity contribution < 1.29 is 4.74 Å². The first-order valence-corrected chi connectivity index (χ1v) is 6.92. The smallest absolute Gasteiger partial charge is 0.0840 e. The van der Waals surface area contributed by atoms with Crippen LogP contribution in [0.5, 0.6) is 0 Å². The number of pyridine rings is 1. The van der Waals surface area contributed by atoms with E-state index in [0.717, 1.165) is 30.7 Å². The van der Waals surface area contributed by atoms with Crippen LogP contribution in [0, 0.1) is 6.92 Å². The molecule has 0 aliphatic carbocycles. The van der Waals surface area contributed by atoms with Gasteiger partial charge in [-0.15, -0.1) is 0 Å². The van der Waals surface area contributed by atoms with Crippen molar-refractivity contribution in [2.75, 3.05) is 13.7 Å². The van der Waals surface area contributed by atoms with Gasteiger partial charge in [-0.1, -0.05) is 12.1 Å². The van der Waals surface area contributed by atoms with Crippen molar-refractivity contribution in [3.8, 4) is 0 Å². The monoisotopic (exact) mass is 256 g/mol. The molecule has 0 saturated carbocycles. The zero-order valence-electron chi connectivity index (χ0n) is 11.5. The molecule has 1 fully saturated rings. The van der Waals surface area contributed by atoms with Crippen LogP contribution in [-0.4, -0.2) is 24.7 Å². The van der Waals surface area contributed by atoms with E-state index in [-0.39, 0.29) is 6.10 Å². The Bertz CT molecular complexity index is 582. The largest absolute Gasteiger partial charge is 0.373 e. The Balaban J connectivity index is 1.90. The molecule has 3 heteroatoms. The average Bonchev–Trinajstić information content (AvgIpc) is 2.46. The van der Waals surface area contributed by atoms with Gasteiger partial charge in [0.25, 0.3) is 0 Å². The molecule has 2 atom stereocenters. The van der Waals surface area contributed by atoms with Crippen molar-refractivity contribution in [2.45, 2.75) is 31.9 Å². The summed E-state index contributed by atoms with van der Waals surface area (Å²) in [4.78, 5) is 4.54. The Hall–Kier alpha value is -1.45. The molecule has 1 aliphatic heterocycles. The first kappa shape index (κ1) is 12.6. The molecule has 2 unspecified atom stereocenters. The molecule has 0 amide bonds. The summed E-state index contributed by atoms with van der Waals surface area (Å²) in [6.45, 7) is 2.86. The van der Waals surface area contributed by atoms with Crippen LogP contribution in [0.25, 0.3) is 10.9 Å². The number of hydrogen-bond donors (Lipinski definition) is 1. The first-order valence-electron chi connectivity index (χ1n) is 6.92. The van der Waals surface area contributed by atoms with Gasteiger partial charge >= 0.3 is 0 Å². The van der Waals surface area contributed by atoms with Crippen LogP contribution in [-0.2, 0) is 4.74 Å². The molecule has 1 aromatic carbocycles. The molecule has 2 aromatic rings. The maximum atomic E-state index is 5.91. The Morgan fingerprint density at radius 1 is 1.26 bits per heavy atom. The van der Waals surface area contributed by atoms with Gasteiger partial charge in [-0.25, -0.2) is 0 Å². The molecular formula is C16H20N2O. The van der Waals surface area contributed by atoms with Gasteiger partial charge in [0.2, 0.25) is 0 Å². The van der Waals surface area contributed by atoms with E-state index in [0.29, 0.717) is 6.04 Å². The van der Waals surface area contributed by atoms with Crippen LogP contribution in [0.1, 0.15) is 30.2 Å². The van der Waals surface area contributed by atoms with Gasteiger partial charge in [0.05, 0.1) is 11.6 Å². The summed E-state index contributed by atoms with van der Waals surface area (Å²) < 4.78 is 5.91. The van der Waals surface area contributed by atoms with Crippen molar-refractivity contribution in [1.82, 2.24) is 10.3 Å². The highest BCUT2D eigenvalue weighted by Crippen LogP contribution is 2.29. The van der Waals surface area contributed by atoms with Crippen LogP contribution < -0.4 is 5.32 Å². The maximum Gasteiger partial charge on any atom is 0.0840 e. The van der Waals surface area contributed by atoms with Gasteiger partial charge in [-0.05, 0) is 50.6 Å². The third-order valence-electron chi connectivity index (χ3n) is 3.92. The standard InChI is InChI=1S/C16H20N2O/c1-11-3-4-12-9-13(5-6-15(12)18-11)16-10-14(17-2)7-8-19-16/h3-6,9,14,16-17H,7-8,10H2,1-2H3. The number of aryl methyl sites for hydroxylation is 1. The number of ether oxygens (including phenoxy) is 1. The summed E-state index contributed by atoms with van der Waals surface area (Å²) in [7, 11) is 2.03. The zero-order chi connectivity index (χ0) is 13.2. The quantitative estimate of drug-likeness (QED) is 0.897. The minimum atomic E-state index is 0.205. The normalized spacial score (nSPS) is 23.7. The Kier molecular flexibility index (Phi) is 3.49. The molecule has 1 aromatic heterocycles. The van der Waals surface area contributed by atoms with Crippen LogP contribution >= 0.6 is 0 Å². The molecule has 2 heterocycles. The summed E-state index contributed by atoms with van der Waals surface area (Å²) >= 11 is 0. The van der Waals surface area contributed by atoms with Crippen LogP contribution in [0.15, 0.2) is 30.3 Å². The predicted molar refractivity (Wildman–Crippen MR) is 77.3 cm³/mol. The van der Waals surface area contributed by atoms with E-state index >= 15 is 0 Å². The lowest BCUT2D eigenvalue weighted by molar-refractivity contribution is 0.00162. The van der Waals surface area contributed by atoms with Crippen LogP contribution in [0.4, 0.5) is 0 Å². The van der Waals surface area contributed by atoms with Gasteiger partial charge in [0, 0.05) is 23.7 Å². The summed E-state index contributed by atoms with van der Waals surface area (Å²) in [5, 5.41) is 4.55. The van der Waals surface area contributed by atoms with Crippen molar-refractivity contribution in [3.63, 3.8) is 0 Å². The lowest BCUT2D eigenvalue weighted by Gasteiger charge is -2.29. The summed E-state index contributed by atoms with van der Waals surface area (Å²) in [5.74, 6) is 0. The van der Waals surface area contributed by atoms with E-state index in [1.807, 2.05) is 14.0 Å². The molecule has 1 aliphatic rings. The molecule has 0 spiro atoms. The Morgan fingerprint density at radius 3 is 3.00 bits per heavy atom. The number of nitrogens with one attached hydrogen (secondary N) is 1. The predicted octanol–water partition coefficient (Wildman–Crippen LogP) is 2.98. The molecule has 0 radical (unpaired) electrons. The second-order valence-corrected chi connectivity index (χ2v) is 5.27. The summed E-state index contributed by atoms with van der Waals surface area (Å²) in [6, 6.07) is 11.2. The molecular weight excluding hydrogens is 236 g/mol. The van der Waals surface area contributed by atoms with Gasteiger partial charge < -0.3 is 10.1 Å². The van der Waals surface area contributed by atoms with E-state index in [1.165, 1.54) is 10.9 Å². The lowest BCUT2D eigenvalue weighted by Crippen LogP contribution is -2.33. The van der Waals surface area contributed by atoms with Gasteiger partial charge in [-0.3, -0.25) is 4.98 Å². The fourth-order valence-electron chi connectivity index (χ4n) is 2.74. The van der Waals surface area contributed by atoms with Crippen LogP contribution in [0.3, 0.4) is 0 Å². The fraction of sp³-hybridized carbons (Fsp3) is 0.438. The highest BCUT2D eigenvalue weighted by molar-refractivity contribution is 5.79. The minimum absolute atomic E-state index is 0.205. The van der Waals surface area contributed by atoms with Gasteiger partial charge in [-0.2, -0.15) is 0 Å². The Labute approximate surface area is 114 Å². The topological polar surface area (TPSA) is 34.1 Å². The molecule has 0 bridgehead atoms. The number of hydrogen-bond acceptors (Lipinski definition) is 3. The van der Waals surface area contributed by atoms with E-state index in [2.05, 4.69) is 40.6 Å². The second kappa shape index (κ2) is 5.27. The highest BCUT2D eigenvalue weighted by atomic mass is 16.5. The van der Waals surface area contributed by atoms with E-state index < -0.39 is 0 Å². The number of rotatable bonds is 2. The third-order valence-corrected chi connectivity index (χ3v) is 3.92. The number of fused-ring (bicyclic) bond motifs is 1.